The zero-order valence-corrected chi connectivity index (χ0v) is 33.4. The quantitative estimate of drug-likeness (QED) is 0.163. The van der Waals surface area contributed by atoms with Crippen molar-refractivity contribution >= 4 is 76.2 Å². The minimum absolute atomic E-state index is 0.890. The molecule has 1 aliphatic rings. The molecule has 286 valence electrons. The highest BCUT2D eigenvalue weighted by Crippen LogP contribution is 2.54. The van der Waals surface area contributed by atoms with Gasteiger partial charge in [0, 0.05) is 32.7 Å². The van der Waals surface area contributed by atoms with Crippen LogP contribution in [0.1, 0.15) is 0 Å². The highest BCUT2D eigenvalue weighted by Gasteiger charge is 2.28. The summed E-state index contributed by atoms with van der Waals surface area (Å²) in [5.74, 6) is 0. The van der Waals surface area contributed by atoms with Crippen LogP contribution in [0.15, 0.2) is 215 Å². The molecule has 2 aromatic heterocycles. The SMILES string of the molecule is c1ccc2c(c1)-c1cc3c4ccccc4c4ccccc4c3cc1-c1ccc(-c3cccc4c3oc3ccccc34)cc1-c1c-2cccc1-c1cccc2c1oc1ccccc12. The Morgan fingerprint density at radius 2 is 0.597 bits per heavy atom. The van der Waals surface area contributed by atoms with Gasteiger partial charge in [0.05, 0.1) is 0 Å². The zero-order valence-electron chi connectivity index (χ0n) is 33.4. The van der Waals surface area contributed by atoms with E-state index in [1.807, 2.05) is 12.1 Å². The van der Waals surface area contributed by atoms with Crippen molar-refractivity contribution in [3.05, 3.63) is 206 Å². The van der Waals surface area contributed by atoms with E-state index in [9.17, 15) is 0 Å². The lowest BCUT2D eigenvalue weighted by molar-refractivity contribution is 0.669. The topological polar surface area (TPSA) is 26.3 Å². The van der Waals surface area contributed by atoms with Crippen LogP contribution < -0.4 is 0 Å². The van der Waals surface area contributed by atoms with E-state index in [4.69, 9.17) is 8.83 Å². The van der Waals surface area contributed by atoms with Crippen LogP contribution in [-0.2, 0) is 0 Å². The number of furan rings is 2. The van der Waals surface area contributed by atoms with Crippen molar-refractivity contribution in [1.82, 2.24) is 0 Å². The summed E-state index contributed by atoms with van der Waals surface area (Å²) >= 11 is 0. The lowest BCUT2D eigenvalue weighted by atomic mass is 9.76. The van der Waals surface area contributed by atoms with E-state index in [1.165, 1.54) is 71.3 Å². The molecule has 1 aliphatic carbocycles. The van der Waals surface area contributed by atoms with Crippen LogP contribution in [0, 0.1) is 0 Å². The molecule has 0 saturated heterocycles. The third kappa shape index (κ3) is 4.64. The molecule has 0 spiro atoms. The molecule has 0 bridgehead atoms. The summed E-state index contributed by atoms with van der Waals surface area (Å²) in [7, 11) is 0. The molecule has 0 radical (unpaired) electrons. The molecule has 13 aromatic rings. The van der Waals surface area contributed by atoms with E-state index in [0.29, 0.717) is 0 Å². The van der Waals surface area contributed by atoms with Crippen molar-refractivity contribution in [3.63, 3.8) is 0 Å². The van der Waals surface area contributed by atoms with Crippen LogP contribution in [0.2, 0.25) is 0 Å². The van der Waals surface area contributed by atoms with Gasteiger partial charge in [0.25, 0.3) is 0 Å². The Kier molecular flexibility index (Phi) is 6.86. The first-order valence-corrected chi connectivity index (χ1v) is 21.3. The third-order valence-corrected chi connectivity index (χ3v) is 13.4. The smallest absolute Gasteiger partial charge is 0.143 e. The summed E-state index contributed by atoms with van der Waals surface area (Å²) < 4.78 is 13.5. The number of hydrogen-bond acceptors (Lipinski definition) is 2. The van der Waals surface area contributed by atoms with Gasteiger partial charge >= 0.3 is 0 Å². The highest BCUT2D eigenvalue weighted by molar-refractivity contribution is 6.27. The maximum atomic E-state index is 6.78. The van der Waals surface area contributed by atoms with Crippen LogP contribution in [0.4, 0.5) is 0 Å². The van der Waals surface area contributed by atoms with Crippen LogP contribution in [-0.4, -0.2) is 0 Å². The van der Waals surface area contributed by atoms with Crippen LogP contribution in [0.5, 0.6) is 0 Å². The fourth-order valence-electron chi connectivity index (χ4n) is 10.7. The first kappa shape index (κ1) is 33.6. The molecular formula is C60H34O2. The molecule has 2 heteroatoms. The van der Waals surface area contributed by atoms with E-state index in [2.05, 4.69) is 194 Å². The van der Waals surface area contributed by atoms with Gasteiger partial charge in [-0.2, -0.15) is 0 Å². The largest absolute Gasteiger partial charge is 0.455 e. The number of para-hydroxylation sites is 4. The van der Waals surface area contributed by atoms with Crippen LogP contribution >= 0.6 is 0 Å². The Bertz CT molecular complexity index is 4050. The summed E-state index contributed by atoms with van der Waals surface area (Å²) in [4.78, 5) is 0. The Morgan fingerprint density at radius 1 is 0.210 bits per heavy atom. The number of fused-ring (bicyclic) bond motifs is 20. The van der Waals surface area contributed by atoms with Crippen LogP contribution in [0.25, 0.3) is 143 Å². The number of hydrogen-bond donors (Lipinski definition) is 0. The first-order chi connectivity index (χ1) is 30.8. The van der Waals surface area contributed by atoms with Gasteiger partial charge in [-0.25, -0.2) is 0 Å². The van der Waals surface area contributed by atoms with Gasteiger partial charge in [-0.3, -0.25) is 0 Å². The molecule has 0 atom stereocenters. The van der Waals surface area contributed by atoms with Crippen molar-refractivity contribution in [2.24, 2.45) is 0 Å². The van der Waals surface area contributed by atoms with E-state index >= 15 is 0 Å². The summed E-state index contributed by atoms with van der Waals surface area (Å²) in [5.41, 5.74) is 17.5. The lowest BCUT2D eigenvalue weighted by Crippen LogP contribution is -2.00. The summed E-state index contributed by atoms with van der Waals surface area (Å²) in [6.07, 6.45) is 0. The van der Waals surface area contributed by atoms with E-state index in [1.54, 1.807) is 0 Å². The predicted octanol–water partition coefficient (Wildman–Crippen LogP) is 17.3. The standard InChI is InChI=1S/C60H34O2/c1-4-17-40-37(14-1)38-15-2-5-18-41(38)52-34-54-43-31-30-35(36-22-11-25-48-44-20-7-9-28-56(44)61-59(36)48)32-55(43)58-46(39-16-3-6-19-42(39)53(54)33-51(40)52)23-12-24-47(58)50-27-13-26-49-45-21-8-10-29-57(45)62-60(49)50/h1-34H. The second-order valence-corrected chi connectivity index (χ2v) is 16.6. The first-order valence-electron chi connectivity index (χ1n) is 21.3. The molecule has 0 saturated carbocycles. The molecule has 2 nitrogen and oxygen atoms in total. The van der Waals surface area contributed by atoms with Gasteiger partial charge in [0.1, 0.15) is 22.3 Å². The average Bonchev–Trinajstić information content (AvgIpc) is 3.92. The molecule has 14 rings (SSSR count). The second kappa shape index (κ2) is 12.7. The van der Waals surface area contributed by atoms with Crippen molar-refractivity contribution < 1.29 is 8.83 Å². The van der Waals surface area contributed by atoms with Crippen LogP contribution in [0.3, 0.4) is 0 Å². The molecule has 0 N–H and O–H groups in total. The van der Waals surface area contributed by atoms with Crippen molar-refractivity contribution in [2.45, 2.75) is 0 Å². The maximum absolute atomic E-state index is 6.78. The maximum Gasteiger partial charge on any atom is 0.143 e. The van der Waals surface area contributed by atoms with Gasteiger partial charge in [-0.05, 0) is 118 Å². The van der Waals surface area contributed by atoms with E-state index in [0.717, 1.165) is 71.7 Å². The molecule has 11 aromatic carbocycles. The summed E-state index contributed by atoms with van der Waals surface area (Å²) in [6, 6.07) is 75.4. The van der Waals surface area contributed by atoms with E-state index < -0.39 is 0 Å². The molecule has 0 unspecified atom stereocenters. The van der Waals surface area contributed by atoms with Gasteiger partial charge in [-0.1, -0.05) is 176 Å². The summed E-state index contributed by atoms with van der Waals surface area (Å²) in [6.45, 7) is 0. The third-order valence-electron chi connectivity index (χ3n) is 13.4. The van der Waals surface area contributed by atoms with Gasteiger partial charge in [0.2, 0.25) is 0 Å². The molecule has 62 heavy (non-hydrogen) atoms. The molecule has 2 heterocycles. The Balaban J connectivity index is 1.15. The van der Waals surface area contributed by atoms with Crippen molar-refractivity contribution in [3.8, 4) is 66.8 Å². The lowest BCUT2D eigenvalue weighted by Gasteiger charge is -2.26. The molecule has 0 fully saturated rings. The highest BCUT2D eigenvalue weighted by atomic mass is 16.3. The molecular weight excluding hydrogens is 753 g/mol. The molecule has 0 amide bonds. The molecule has 0 aliphatic heterocycles. The van der Waals surface area contributed by atoms with Crippen molar-refractivity contribution in [1.29, 1.82) is 0 Å². The second-order valence-electron chi connectivity index (χ2n) is 16.6. The fraction of sp³-hybridized carbons (Fsp3) is 0. The summed E-state index contributed by atoms with van der Waals surface area (Å²) in [5, 5.41) is 12.0. The Morgan fingerprint density at radius 3 is 1.19 bits per heavy atom. The normalized spacial score (nSPS) is 12.2. The predicted molar refractivity (Wildman–Crippen MR) is 260 cm³/mol. The average molecular weight is 787 g/mol. The Hall–Kier alpha value is -8.20. The Labute approximate surface area is 356 Å². The minimum atomic E-state index is 0.890. The minimum Gasteiger partial charge on any atom is -0.455 e. The monoisotopic (exact) mass is 786 g/mol. The number of benzene rings is 11. The van der Waals surface area contributed by atoms with Crippen molar-refractivity contribution in [2.75, 3.05) is 0 Å². The number of rotatable bonds is 2. The van der Waals surface area contributed by atoms with E-state index in [-0.39, 0.29) is 0 Å². The van der Waals surface area contributed by atoms with Gasteiger partial charge in [-0.15, -0.1) is 0 Å². The van der Waals surface area contributed by atoms with Gasteiger partial charge < -0.3 is 8.83 Å². The fourth-order valence-corrected chi connectivity index (χ4v) is 10.7. The zero-order chi connectivity index (χ0) is 40.5. The van der Waals surface area contributed by atoms with Gasteiger partial charge in [0.15, 0.2) is 0 Å².